The largest absolute Gasteiger partial charge is 0.463 e. The van der Waals surface area contributed by atoms with E-state index in [-0.39, 0.29) is 5.91 Å². The van der Waals surface area contributed by atoms with Crippen molar-refractivity contribution < 1.29 is 9.21 Å². The van der Waals surface area contributed by atoms with E-state index in [0.717, 1.165) is 24.5 Å². The lowest BCUT2D eigenvalue weighted by Crippen LogP contribution is -2.49. The molecule has 0 aliphatic carbocycles. The molecule has 7 nitrogen and oxygen atoms in total. The molecule has 0 N–H and O–H groups in total. The maximum Gasteiger partial charge on any atom is 0.272 e. The summed E-state index contributed by atoms with van der Waals surface area (Å²) < 4.78 is 7.20. The highest BCUT2D eigenvalue weighted by Gasteiger charge is 2.26. The van der Waals surface area contributed by atoms with Crippen LogP contribution in [0.2, 0.25) is 0 Å². The molecule has 1 fully saturated rings. The van der Waals surface area contributed by atoms with Crippen LogP contribution in [0.4, 0.5) is 5.69 Å². The molecular weight excluding hydrogens is 378 g/mol. The van der Waals surface area contributed by atoms with Crippen LogP contribution in [0, 0.1) is 0 Å². The minimum atomic E-state index is -0.0291. The second kappa shape index (κ2) is 7.87. The first-order valence-corrected chi connectivity index (χ1v) is 9.93. The summed E-state index contributed by atoms with van der Waals surface area (Å²) in [5.74, 6) is 0.611. The lowest BCUT2D eigenvalue weighted by Gasteiger charge is -2.36. The maximum atomic E-state index is 13.4. The molecule has 1 aliphatic heterocycles. The third kappa shape index (κ3) is 3.45. The van der Waals surface area contributed by atoms with Gasteiger partial charge in [0.05, 0.1) is 12.0 Å². The van der Waals surface area contributed by atoms with Crippen LogP contribution in [0.1, 0.15) is 10.5 Å². The van der Waals surface area contributed by atoms with E-state index in [0.29, 0.717) is 30.2 Å². The molecule has 0 radical (unpaired) electrons. The number of hydrogen-bond acceptors (Lipinski definition) is 5. The third-order valence-corrected chi connectivity index (χ3v) is 5.30. The normalized spacial score (nSPS) is 14.1. The average molecular weight is 399 g/mol. The predicted molar refractivity (Wildman–Crippen MR) is 114 cm³/mol. The number of aromatic nitrogens is 3. The third-order valence-electron chi connectivity index (χ3n) is 5.30. The van der Waals surface area contributed by atoms with Gasteiger partial charge in [0.2, 0.25) is 0 Å². The molecule has 1 saturated heterocycles. The van der Waals surface area contributed by atoms with Gasteiger partial charge < -0.3 is 14.2 Å². The van der Waals surface area contributed by atoms with Crippen molar-refractivity contribution in [3.63, 3.8) is 0 Å². The van der Waals surface area contributed by atoms with E-state index in [1.165, 1.54) is 0 Å². The van der Waals surface area contributed by atoms with Gasteiger partial charge in [-0.15, -0.1) is 0 Å². The summed E-state index contributed by atoms with van der Waals surface area (Å²) in [6.45, 7) is 2.86. The smallest absolute Gasteiger partial charge is 0.272 e. The fourth-order valence-electron chi connectivity index (χ4n) is 3.73. The van der Waals surface area contributed by atoms with E-state index >= 15 is 0 Å². The van der Waals surface area contributed by atoms with Gasteiger partial charge >= 0.3 is 0 Å². The number of anilines is 1. The zero-order valence-corrected chi connectivity index (χ0v) is 16.4. The fraction of sp³-hybridized carbons (Fsp3) is 0.174. The maximum absolute atomic E-state index is 13.4. The number of benzene rings is 1. The van der Waals surface area contributed by atoms with Crippen molar-refractivity contribution in [2.24, 2.45) is 0 Å². The summed E-state index contributed by atoms with van der Waals surface area (Å²) in [5, 5.41) is 4.66. The summed E-state index contributed by atoms with van der Waals surface area (Å²) in [5.41, 5.74) is 3.15. The molecular formula is C23H21N5O2. The molecule has 0 saturated carbocycles. The molecule has 0 unspecified atom stereocenters. The molecule has 4 aromatic rings. The van der Waals surface area contributed by atoms with Crippen molar-refractivity contribution in [2.45, 2.75) is 0 Å². The van der Waals surface area contributed by atoms with E-state index in [9.17, 15) is 4.79 Å². The minimum absolute atomic E-state index is 0.0291. The van der Waals surface area contributed by atoms with Gasteiger partial charge in [-0.25, -0.2) is 4.68 Å². The highest BCUT2D eigenvalue weighted by atomic mass is 16.3. The zero-order valence-electron chi connectivity index (χ0n) is 16.4. The number of para-hydroxylation sites is 1. The Morgan fingerprint density at radius 3 is 2.33 bits per heavy atom. The van der Waals surface area contributed by atoms with Crippen molar-refractivity contribution in [1.29, 1.82) is 0 Å². The van der Waals surface area contributed by atoms with Crippen LogP contribution in [-0.2, 0) is 0 Å². The Morgan fingerprint density at radius 2 is 1.63 bits per heavy atom. The molecule has 30 heavy (non-hydrogen) atoms. The van der Waals surface area contributed by atoms with Crippen LogP contribution in [0.5, 0.6) is 0 Å². The average Bonchev–Trinajstić information content (AvgIpc) is 3.50. The fourth-order valence-corrected chi connectivity index (χ4v) is 3.73. The van der Waals surface area contributed by atoms with Gasteiger partial charge in [0.1, 0.15) is 11.4 Å². The second-order valence-corrected chi connectivity index (χ2v) is 7.12. The standard InChI is InChI=1S/C23H21N5O2/c29-23(27-14-12-26(13-15-27)18-8-10-24-11-9-18)21-17-20(22-7-4-16-30-22)25-28(21)19-5-2-1-3-6-19/h1-11,16-17H,12-15H2. The first kappa shape index (κ1) is 18.2. The highest BCUT2D eigenvalue weighted by Crippen LogP contribution is 2.24. The number of furan rings is 1. The molecule has 0 atom stereocenters. The quantitative estimate of drug-likeness (QED) is 0.526. The van der Waals surface area contributed by atoms with Crippen LogP contribution < -0.4 is 4.90 Å². The van der Waals surface area contributed by atoms with Gasteiger partial charge in [0.25, 0.3) is 5.91 Å². The first-order chi connectivity index (χ1) is 14.8. The van der Waals surface area contributed by atoms with Crippen molar-refractivity contribution in [1.82, 2.24) is 19.7 Å². The first-order valence-electron chi connectivity index (χ1n) is 9.93. The molecule has 1 aliphatic rings. The molecule has 7 heteroatoms. The van der Waals surface area contributed by atoms with Gasteiger partial charge in [-0.2, -0.15) is 5.10 Å². The van der Waals surface area contributed by atoms with Gasteiger partial charge in [-0.3, -0.25) is 9.78 Å². The lowest BCUT2D eigenvalue weighted by atomic mass is 10.2. The highest BCUT2D eigenvalue weighted by molar-refractivity contribution is 5.94. The van der Waals surface area contributed by atoms with Crippen molar-refractivity contribution in [3.05, 3.63) is 85.0 Å². The number of carbonyl (C=O) groups is 1. The molecule has 0 spiro atoms. The monoisotopic (exact) mass is 399 g/mol. The molecule has 3 aromatic heterocycles. The molecule has 5 rings (SSSR count). The topological polar surface area (TPSA) is 67.4 Å². The van der Waals surface area contributed by atoms with Crippen LogP contribution >= 0.6 is 0 Å². The van der Waals surface area contributed by atoms with E-state index in [2.05, 4.69) is 15.0 Å². The number of carbonyl (C=O) groups excluding carboxylic acids is 1. The summed E-state index contributed by atoms with van der Waals surface area (Å²) >= 11 is 0. The zero-order chi connectivity index (χ0) is 20.3. The predicted octanol–water partition coefficient (Wildman–Crippen LogP) is 3.49. The van der Waals surface area contributed by atoms with Gasteiger partial charge in [-0.1, -0.05) is 18.2 Å². The summed E-state index contributed by atoms with van der Waals surface area (Å²) in [4.78, 5) is 21.7. The number of rotatable bonds is 4. The number of hydrogen-bond donors (Lipinski definition) is 0. The van der Waals surface area contributed by atoms with Crippen LogP contribution in [0.3, 0.4) is 0 Å². The van der Waals surface area contributed by atoms with Crippen LogP contribution in [0.15, 0.2) is 83.7 Å². The Bertz CT molecular complexity index is 1120. The van der Waals surface area contributed by atoms with Crippen molar-refractivity contribution in [2.75, 3.05) is 31.1 Å². The molecule has 4 heterocycles. The molecule has 1 amide bonds. The minimum Gasteiger partial charge on any atom is -0.463 e. The molecule has 0 bridgehead atoms. The Balaban J connectivity index is 1.41. The van der Waals surface area contributed by atoms with Crippen molar-refractivity contribution >= 4 is 11.6 Å². The van der Waals surface area contributed by atoms with Gasteiger partial charge in [-0.05, 0) is 36.4 Å². The summed E-state index contributed by atoms with van der Waals surface area (Å²) in [6, 6.07) is 19.2. The van der Waals surface area contributed by atoms with E-state index < -0.39 is 0 Å². The Kier molecular flexibility index (Phi) is 4.77. The Morgan fingerprint density at radius 1 is 0.867 bits per heavy atom. The number of pyridine rings is 1. The second-order valence-electron chi connectivity index (χ2n) is 7.12. The van der Waals surface area contributed by atoms with Crippen LogP contribution in [-0.4, -0.2) is 51.8 Å². The number of piperazine rings is 1. The number of amides is 1. The van der Waals surface area contributed by atoms with Gasteiger partial charge in [0.15, 0.2) is 5.76 Å². The number of nitrogens with zero attached hydrogens (tertiary/aromatic N) is 5. The summed E-state index contributed by atoms with van der Waals surface area (Å²) in [6.07, 6.45) is 5.19. The molecule has 150 valence electrons. The van der Waals surface area contributed by atoms with Crippen molar-refractivity contribution in [3.8, 4) is 17.1 Å². The van der Waals surface area contributed by atoms with E-state index in [1.807, 2.05) is 65.6 Å². The SMILES string of the molecule is O=C(c1cc(-c2ccco2)nn1-c1ccccc1)N1CCN(c2ccncc2)CC1. The Labute approximate surface area is 174 Å². The molecule has 1 aromatic carbocycles. The van der Waals surface area contributed by atoms with Gasteiger partial charge in [0, 0.05) is 50.3 Å². The van der Waals surface area contributed by atoms with E-state index in [1.54, 1.807) is 23.3 Å². The Hall–Kier alpha value is -3.87. The summed E-state index contributed by atoms with van der Waals surface area (Å²) in [7, 11) is 0. The van der Waals surface area contributed by atoms with Crippen LogP contribution in [0.25, 0.3) is 17.1 Å². The lowest BCUT2D eigenvalue weighted by molar-refractivity contribution is 0.0737. The van der Waals surface area contributed by atoms with E-state index in [4.69, 9.17) is 4.42 Å².